The Kier molecular flexibility index (Phi) is 22.0. The molecule has 11 nitrogen and oxygen atoms in total. The van der Waals surface area contributed by atoms with Crippen molar-refractivity contribution in [2.75, 3.05) is 45.7 Å². The van der Waals surface area contributed by atoms with Gasteiger partial charge in [-0.3, -0.25) is 29.6 Å². The van der Waals surface area contributed by atoms with Crippen molar-refractivity contribution in [2.45, 2.75) is 117 Å². The van der Waals surface area contributed by atoms with Crippen LogP contribution in [0.3, 0.4) is 0 Å². The quantitative estimate of drug-likeness (QED) is 0.0679. The summed E-state index contributed by atoms with van der Waals surface area (Å²) in [7, 11) is 3.87. The van der Waals surface area contributed by atoms with E-state index in [1.54, 1.807) is 31.2 Å². The summed E-state index contributed by atoms with van der Waals surface area (Å²) < 4.78 is 5.80. The minimum absolute atomic E-state index is 0.0499. The van der Waals surface area contributed by atoms with E-state index in [0.717, 1.165) is 25.9 Å². The number of likely N-dealkylation sites (N-methyl/N-ethyl adjacent to an activating group) is 1. The molecule has 256 valence electrons. The SMILES string of the molecule is CCCCCCCCCCCCNC(=O)CCCOc1ccc(NC(NC(=O)CCCN(C)C)C(=O)N(CC)NC(C)=O)cc1. The van der Waals surface area contributed by atoms with Gasteiger partial charge >= 0.3 is 0 Å². The molecule has 1 aromatic rings. The Labute approximate surface area is 271 Å². The molecule has 0 heterocycles. The third-order valence-electron chi connectivity index (χ3n) is 7.27. The molecule has 0 saturated carbocycles. The zero-order valence-electron chi connectivity index (χ0n) is 28.6. The third kappa shape index (κ3) is 20.3. The van der Waals surface area contributed by atoms with E-state index in [0.29, 0.717) is 37.3 Å². The van der Waals surface area contributed by atoms with Gasteiger partial charge in [0.2, 0.25) is 17.7 Å². The van der Waals surface area contributed by atoms with Crippen LogP contribution in [0.5, 0.6) is 5.75 Å². The predicted molar refractivity (Wildman–Crippen MR) is 181 cm³/mol. The Morgan fingerprint density at radius 1 is 0.778 bits per heavy atom. The Morgan fingerprint density at radius 3 is 1.96 bits per heavy atom. The van der Waals surface area contributed by atoms with Crippen LogP contribution in [0.25, 0.3) is 0 Å². The maximum absolute atomic E-state index is 13.2. The number of unbranched alkanes of at least 4 members (excludes halogenated alkanes) is 9. The summed E-state index contributed by atoms with van der Waals surface area (Å²) in [6.45, 7) is 7.42. The Morgan fingerprint density at radius 2 is 1.38 bits per heavy atom. The van der Waals surface area contributed by atoms with Gasteiger partial charge in [0.15, 0.2) is 6.17 Å². The molecule has 1 rings (SSSR count). The lowest BCUT2D eigenvalue weighted by atomic mass is 10.1. The van der Waals surface area contributed by atoms with Crippen LogP contribution in [0.1, 0.15) is 111 Å². The number of amides is 4. The van der Waals surface area contributed by atoms with Crippen molar-refractivity contribution in [3.05, 3.63) is 24.3 Å². The molecule has 0 radical (unpaired) electrons. The van der Waals surface area contributed by atoms with Crippen LogP contribution < -0.4 is 26.1 Å². The molecular weight excluding hydrogens is 572 g/mol. The van der Waals surface area contributed by atoms with Gasteiger partial charge in [0.1, 0.15) is 5.75 Å². The summed E-state index contributed by atoms with van der Waals surface area (Å²) in [4.78, 5) is 51.5. The molecule has 0 aliphatic rings. The highest BCUT2D eigenvalue weighted by Crippen LogP contribution is 2.17. The van der Waals surface area contributed by atoms with Crippen molar-refractivity contribution in [2.24, 2.45) is 0 Å². The van der Waals surface area contributed by atoms with Crippen LogP contribution in [-0.4, -0.2) is 80.0 Å². The first-order chi connectivity index (χ1) is 21.7. The van der Waals surface area contributed by atoms with Gasteiger partial charge in [0.05, 0.1) is 6.61 Å². The van der Waals surface area contributed by atoms with Gasteiger partial charge in [-0.2, -0.15) is 0 Å². The lowest BCUT2D eigenvalue weighted by Crippen LogP contribution is -2.57. The minimum atomic E-state index is -1.07. The monoisotopic (exact) mass is 632 g/mol. The summed E-state index contributed by atoms with van der Waals surface area (Å²) >= 11 is 0. The van der Waals surface area contributed by atoms with Gasteiger partial charge in [0.25, 0.3) is 5.91 Å². The van der Waals surface area contributed by atoms with E-state index in [4.69, 9.17) is 4.74 Å². The number of hydrazine groups is 1. The molecule has 0 bridgehead atoms. The molecule has 0 saturated heterocycles. The highest BCUT2D eigenvalue weighted by Gasteiger charge is 2.26. The largest absolute Gasteiger partial charge is 0.494 e. The summed E-state index contributed by atoms with van der Waals surface area (Å²) in [5.41, 5.74) is 3.10. The van der Waals surface area contributed by atoms with Crippen molar-refractivity contribution in [3.8, 4) is 5.75 Å². The van der Waals surface area contributed by atoms with E-state index in [1.807, 2.05) is 19.0 Å². The minimum Gasteiger partial charge on any atom is -0.494 e. The Balaban J connectivity index is 2.42. The molecule has 0 aliphatic carbocycles. The number of carbonyl (C=O) groups excluding carboxylic acids is 4. The van der Waals surface area contributed by atoms with Crippen molar-refractivity contribution < 1.29 is 23.9 Å². The second kappa shape index (κ2) is 24.9. The standard InChI is InChI=1S/C34H60N6O5/c1-6-8-9-10-11-12-13-14-15-16-25-35-31(42)20-18-27-45-30-23-21-29(22-24-30)36-33(34(44)40(7-2)38-28(3)41)37-32(43)19-17-26-39(4)5/h21-24,33,36H,6-20,25-27H2,1-5H3,(H,35,42)(H,37,43)(H,38,41). The van der Waals surface area contributed by atoms with Gasteiger partial charge in [-0.05, 0) is 71.1 Å². The van der Waals surface area contributed by atoms with Gasteiger partial charge in [-0.25, -0.2) is 0 Å². The van der Waals surface area contributed by atoms with Gasteiger partial charge < -0.3 is 25.6 Å². The van der Waals surface area contributed by atoms with Crippen molar-refractivity contribution in [3.63, 3.8) is 0 Å². The number of hydrogen-bond donors (Lipinski definition) is 4. The molecule has 0 aliphatic heterocycles. The summed E-state index contributed by atoms with van der Waals surface area (Å²) in [5.74, 6) is -0.451. The van der Waals surface area contributed by atoms with E-state index in [1.165, 1.54) is 63.3 Å². The van der Waals surface area contributed by atoms with Crippen molar-refractivity contribution in [1.29, 1.82) is 0 Å². The molecule has 45 heavy (non-hydrogen) atoms. The fourth-order valence-corrected chi connectivity index (χ4v) is 4.75. The number of hydrogen-bond acceptors (Lipinski definition) is 7. The number of nitrogens with one attached hydrogen (secondary N) is 4. The first-order valence-corrected chi connectivity index (χ1v) is 16.9. The molecule has 1 atom stereocenters. The summed E-state index contributed by atoms with van der Waals surface area (Å²) in [6, 6.07) is 7.03. The second-order valence-corrected chi connectivity index (χ2v) is 11.8. The number of anilines is 1. The van der Waals surface area contributed by atoms with E-state index in [9.17, 15) is 19.2 Å². The first-order valence-electron chi connectivity index (χ1n) is 16.9. The van der Waals surface area contributed by atoms with Gasteiger partial charge in [0, 0.05) is 38.5 Å². The zero-order valence-corrected chi connectivity index (χ0v) is 28.6. The van der Waals surface area contributed by atoms with E-state index in [2.05, 4.69) is 28.3 Å². The highest BCUT2D eigenvalue weighted by atomic mass is 16.5. The van der Waals surface area contributed by atoms with Crippen molar-refractivity contribution in [1.82, 2.24) is 26.0 Å². The lowest BCUT2D eigenvalue weighted by molar-refractivity contribution is -0.142. The smallest absolute Gasteiger partial charge is 0.284 e. The average molecular weight is 633 g/mol. The third-order valence-corrected chi connectivity index (χ3v) is 7.27. The number of carbonyl (C=O) groups is 4. The molecule has 0 aromatic heterocycles. The number of rotatable bonds is 25. The second-order valence-electron chi connectivity index (χ2n) is 11.8. The predicted octanol–water partition coefficient (Wildman–Crippen LogP) is 4.98. The lowest BCUT2D eigenvalue weighted by Gasteiger charge is -2.28. The summed E-state index contributed by atoms with van der Waals surface area (Å²) in [5, 5.41) is 9.99. The molecule has 11 heteroatoms. The molecule has 4 amide bonds. The average Bonchev–Trinajstić information content (AvgIpc) is 3.00. The van der Waals surface area contributed by atoms with Crippen LogP contribution in [0.2, 0.25) is 0 Å². The van der Waals surface area contributed by atoms with Crippen molar-refractivity contribution >= 4 is 29.3 Å². The van der Waals surface area contributed by atoms with Crippen LogP contribution in [0, 0.1) is 0 Å². The molecule has 1 unspecified atom stereocenters. The molecule has 0 spiro atoms. The van der Waals surface area contributed by atoms with E-state index >= 15 is 0 Å². The molecular formula is C34H60N6O5. The number of benzene rings is 1. The Hall–Kier alpha value is -3.34. The fourth-order valence-electron chi connectivity index (χ4n) is 4.75. The fraction of sp³-hybridized carbons (Fsp3) is 0.706. The summed E-state index contributed by atoms with van der Waals surface area (Å²) in [6.07, 6.45) is 13.6. The highest BCUT2D eigenvalue weighted by molar-refractivity contribution is 5.90. The molecule has 1 aromatic carbocycles. The van der Waals surface area contributed by atoms with Crippen LogP contribution in [-0.2, 0) is 19.2 Å². The molecule has 0 fully saturated rings. The van der Waals surface area contributed by atoms with Crippen LogP contribution >= 0.6 is 0 Å². The van der Waals surface area contributed by atoms with E-state index in [-0.39, 0.29) is 30.7 Å². The zero-order chi connectivity index (χ0) is 33.3. The Bertz CT molecular complexity index is 972. The van der Waals surface area contributed by atoms with Crippen LogP contribution in [0.15, 0.2) is 24.3 Å². The van der Waals surface area contributed by atoms with Crippen LogP contribution in [0.4, 0.5) is 5.69 Å². The maximum Gasteiger partial charge on any atom is 0.284 e. The first kappa shape index (κ1) is 39.7. The normalized spacial score (nSPS) is 11.5. The molecule has 4 N–H and O–H groups in total. The number of ether oxygens (including phenoxy) is 1. The van der Waals surface area contributed by atoms with E-state index < -0.39 is 12.1 Å². The number of nitrogens with zero attached hydrogens (tertiary/aromatic N) is 2. The maximum atomic E-state index is 13.2. The topological polar surface area (TPSA) is 132 Å². The van der Waals surface area contributed by atoms with Gasteiger partial charge in [-0.1, -0.05) is 64.7 Å². The van der Waals surface area contributed by atoms with Gasteiger partial charge in [-0.15, -0.1) is 0 Å².